The number of hydrogen-bond donors (Lipinski definition) is 4. The molecule has 0 aromatic heterocycles. The van der Waals surface area contributed by atoms with Crippen LogP contribution in [-0.2, 0) is 34.8 Å². The quantitative estimate of drug-likeness (QED) is 0.125. The molecule has 4 N–H and O–H groups in total. The third kappa shape index (κ3) is 6.92. The number of phenolic OH excluding ortho intramolecular Hbond substituents is 4. The molecule has 0 aliphatic heterocycles. The summed E-state index contributed by atoms with van der Waals surface area (Å²) < 4.78 is 31.4. The number of para-hydroxylation sites is 2. The Morgan fingerprint density at radius 1 is 0.267 bits per heavy atom. The number of aromatic hydroxyl groups is 4. The number of rotatable bonds is 6. The Morgan fingerprint density at radius 3 is 0.717 bits per heavy atom. The van der Waals surface area contributed by atoms with Crippen LogP contribution in [0, 0.1) is 0 Å². The predicted molar refractivity (Wildman–Crippen MR) is 242 cm³/mol. The van der Waals surface area contributed by atoms with Crippen molar-refractivity contribution < 1.29 is 29.6 Å². The van der Waals surface area contributed by atoms with Gasteiger partial charge in [-0.05, 0) is 68.8 Å². The first-order valence-corrected chi connectivity index (χ1v) is 23.3. The molecule has 8 aromatic rings. The lowest BCUT2D eigenvalue weighted by Crippen LogP contribution is -2.26. The zero-order chi connectivity index (χ0) is 41.4. The van der Waals surface area contributed by atoms with Gasteiger partial charge in [0.15, 0.2) is 14.3 Å². The van der Waals surface area contributed by atoms with Gasteiger partial charge in [0.05, 0.1) is 0 Å². The van der Waals surface area contributed by atoms with E-state index in [0.717, 1.165) is 0 Å². The van der Waals surface area contributed by atoms with Crippen molar-refractivity contribution in [3.63, 3.8) is 0 Å². The minimum absolute atomic E-state index is 0.00577. The van der Waals surface area contributed by atoms with Gasteiger partial charge in [0, 0.05) is 57.5 Å². The summed E-state index contributed by atoms with van der Waals surface area (Å²) in [5, 5.41) is 51.7. The van der Waals surface area contributed by atoms with E-state index in [9.17, 15) is 20.4 Å². The Labute approximate surface area is 349 Å². The predicted octanol–water partition coefficient (Wildman–Crippen LogP) is 8.46. The molecule has 0 radical (unpaired) electrons. The monoisotopic (exact) mass is 824 g/mol. The second-order valence-electron chi connectivity index (χ2n) is 15.3. The van der Waals surface area contributed by atoms with Crippen molar-refractivity contribution in [2.75, 3.05) is 0 Å². The van der Waals surface area contributed by atoms with Gasteiger partial charge in [-0.1, -0.05) is 158 Å². The Hall–Kier alpha value is -6.58. The van der Waals surface area contributed by atoms with Gasteiger partial charge in [-0.25, -0.2) is 0 Å². The molecule has 296 valence electrons. The Kier molecular flexibility index (Phi) is 10.3. The van der Waals surface area contributed by atoms with E-state index in [1.165, 1.54) is 0 Å². The van der Waals surface area contributed by atoms with Crippen LogP contribution in [-0.4, -0.2) is 20.4 Å². The highest BCUT2D eigenvalue weighted by Crippen LogP contribution is 2.47. The molecule has 0 spiro atoms. The average molecular weight is 825 g/mol. The smallest absolute Gasteiger partial charge is 0.171 e. The topological polar surface area (TPSA) is 115 Å². The maximum absolute atomic E-state index is 15.7. The van der Waals surface area contributed by atoms with Gasteiger partial charge < -0.3 is 29.6 Å². The molecule has 0 unspecified atom stereocenters. The number of hydrogen-bond acceptors (Lipinski definition) is 6. The highest BCUT2D eigenvalue weighted by Gasteiger charge is 2.34. The molecule has 0 saturated heterocycles. The summed E-state index contributed by atoms with van der Waals surface area (Å²) in [6, 6.07) is 55.2. The lowest BCUT2D eigenvalue weighted by molar-refractivity contribution is 0.450. The minimum atomic E-state index is -3.50. The first-order chi connectivity index (χ1) is 29.1. The number of benzene rings is 8. The molecule has 0 atom stereocenters. The largest absolute Gasteiger partial charge is 0.507 e. The van der Waals surface area contributed by atoms with E-state index in [4.69, 9.17) is 0 Å². The summed E-state index contributed by atoms with van der Waals surface area (Å²) in [4.78, 5) is 0. The summed E-state index contributed by atoms with van der Waals surface area (Å²) in [6.07, 6.45) is 0.375. The Bertz CT molecular complexity index is 2590. The van der Waals surface area contributed by atoms with Crippen molar-refractivity contribution in [1.29, 1.82) is 0 Å². The Balaban J connectivity index is 1.26. The third-order valence-electron chi connectivity index (χ3n) is 11.6. The second kappa shape index (κ2) is 15.9. The average Bonchev–Trinajstić information content (AvgIpc) is 3.29. The third-order valence-corrected chi connectivity index (χ3v) is 17.7. The summed E-state index contributed by atoms with van der Waals surface area (Å²) in [6.45, 7) is 0. The van der Waals surface area contributed by atoms with E-state index in [1.54, 1.807) is 48.5 Å². The molecule has 0 heterocycles. The molecule has 9 rings (SSSR count). The minimum Gasteiger partial charge on any atom is -0.507 e. The van der Waals surface area contributed by atoms with Crippen LogP contribution in [0.15, 0.2) is 182 Å². The van der Waals surface area contributed by atoms with Crippen LogP contribution in [0.3, 0.4) is 0 Å². The van der Waals surface area contributed by atoms with E-state index in [0.29, 0.717) is 76.3 Å². The van der Waals surface area contributed by atoms with Gasteiger partial charge in [0.25, 0.3) is 0 Å². The fraction of sp³-hybridized carbons (Fsp3) is 0.0769. The van der Waals surface area contributed by atoms with Gasteiger partial charge in [0.2, 0.25) is 0 Å². The first kappa shape index (κ1) is 38.9. The summed E-state index contributed by atoms with van der Waals surface area (Å²) in [5.41, 5.74) is 3.93. The van der Waals surface area contributed by atoms with Gasteiger partial charge in [-0.15, -0.1) is 0 Å². The first-order valence-electron chi connectivity index (χ1n) is 19.9. The van der Waals surface area contributed by atoms with Gasteiger partial charge in [0.1, 0.15) is 23.0 Å². The van der Waals surface area contributed by atoms with Crippen molar-refractivity contribution >= 4 is 46.1 Å². The summed E-state index contributed by atoms with van der Waals surface area (Å²) in [5.74, 6) is -0.0426. The fourth-order valence-corrected chi connectivity index (χ4v) is 14.0. The number of fused-ring (bicyclic) bond motifs is 8. The van der Waals surface area contributed by atoms with E-state index in [1.807, 2.05) is 133 Å². The molecule has 8 bridgehead atoms. The standard InChI is InChI=1S/C52H42O6P2/c53-49-35-15-13-17-37(49)29-41-33-48(60(58,45-23-9-3-10-24-45)46-25-11-4-12-26-46)34-42(52(41)56)30-38-18-14-16-36(50(38)54)28-40-32-47(31-39(27-35)51(40)55)59(57,43-19-5-1-6-20-43)44-21-7-2-8-22-44/h1-26,31-34,53-56H,27-30H2. The van der Waals surface area contributed by atoms with Crippen LogP contribution < -0.4 is 31.8 Å². The SMILES string of the molecule is O=P(c1ccccc1)(c1ccccc1)c1cc2c(O)c(c1)Cc1cccc(c1O)Cc1cc(P(=O)(c3ccccc3)c3ccccc3)cc(c1O)Cc1cccc(c1O)C2. The summed E-state index contributed by atoms with van der Waals surface area (Å²) >= 11 is 0. The molecular formula is C52H42O6P2. The molecule has 1 aliphatic carbocycles. The zero-order valence-electron chi connectivity index (χ0n) is 32.6. The molecule has 0 amide bonds. The van der Waals surface area contributed by atoms with Crippen molar-refractivity contribution in [1.82, 2.24) is 0 Å². The maximum atomic E-state index is 15.7. The van der Waals surface area contributed by atoms with Crippen molar-refractivity contribution in [3.8, 4) is 23.0 Å². The second-order valence-corrected chi connectivity index (χ2v) is 20.9. The molecule has 6 nitrogen and oxygen atoms in total. The van der Waals surface area contributed by atoms with Crippen LogP contribution >= 0.6 is 14.3 Å². The van der Waals surface area contributed by atoms with E-state index < -0.39 is 14.3 Å². The fourth-order valence-electron chi connectivity index (χ4n) is 8.51. The molecular weight excluding hydrogens is 783 g/mol. The molecule has 1 aliphatic rings. The highest BCUT2D eigenvalue weighted by atomic mass is 31.2. The molecule has 8 aromatic carbocycles. The van der Waals surface area contributed by atoms with E-state index >= 15 is 9.13 Å². The van der Waals surface area contributed by atoms with E-state index in [-0.39, 0.29) is 48.7 Å². The van der Waals surface area contributed by atoms with Crippen LogP contribution in [0.4, 0.5) is 0 Å². The van der Waals surface area contributed by atoms with Crippen LogP contribution in [0.5, 0.6) is 23.0 Å². The molecule has 8 heteroatoms. The summed E-state index contributed by atoms with van der Waals surface area (Å²) in [7, 11) is -7.00. The van der Waals surface area contributed by atoms with Gasteiger partial charge in [-0.3, -0.25) is 0 Å². The molecule has 60 heavy (non-hydrogen) atoms. The van der Waals surface area contributed by atoms with Crippen molar-refractivity contribution in [2.45, 2.75) is 25.7 Å². The highest BCUT2D eigenvalue weighted by molar-refractivity contribution is 7.85. The lowest BCUT2D eigenvalue weighted by Gasteiger charge is -2.24. The maximum Gasteiger partial charge on any atom is 0.171 e. The van der Waals surface area contributed by atoms with Crippen LogP contribution in [0.2, 0.25) is 0 Å². The van der Waals surface area contributed by atoms with Crippen LogP contribution in [0.1, 0.15) is 44.5 Å². The normalized spacial score (nSPS) is 12.8. The van der Waals surface area contributed by atoms with E-state index in [2.05, 4.69) is 0 Å². The van der Waals surface area contributed by atoms with Gasteiger partial charge in [-0.2, -0.15) is 0 Å². The number of phenols is 4. The molecule has 0 fully saturated rings. The molecule has 0 saturated carbocycles. The van der Waals surface area contributed by atoms with Crippen molar-refractivity contribution in [2.24, 2.45) is 0 Å². The van der Waals surface area contributed by atoms with Crippen LogP contribution in [0.25, 0.3) is 0 Å². The zero-order valence-corrected chi connectivity index (χ0v) is 34.4. The van der Waals surface area contributed by atoms with Gasteiger partial charge >= 0.3 is 0 Å². The van der Waals surface area contributed by atoms with Crippen molar-refractivity contribution in [3.05, 3.63) is 226 Å². The Morgan fingerprint density at radius 2 is 0.483 bits per heavy atom. The lowest BCUT2D eigenvalue weighted by atomic mass is 9.91.